The summed E-state index contributed by atoms with van der Waals surface area (Å²) in [7, 11) is 0. The van der Waals surface area contributed by atoms with Crippen LogP contribution in [0.2, 0.25) is 0 Å². The molecule has 7 nitrogen and oxygen atoms in total. The number of rotatable bonds is 7. The van der Waals surface area contributed by atoms with E-state index in [0.717, 1.165) is 82.5 Å². The highest BCUT2D eigenvalue weighted by Crippen LogP contribution is 2.18. The number of nitrogens with zero attached hydrogens (tertiary/aromatic N) is 3. The van der Waals surface area contributed by atoms with Crippen LogP contribution in [0.3, 0.4) is 0 Å². The zero-order valence-corrected chi connectivity index (χ0v) is 17.0. The number of guanidine groups is 1. The monoisotopic (exact) mass is 378 g/mol. The Hall–Kier alpha value is -1.60. The van der Waals surface area contributed by atoms with Gasteiger partial charge in [0.15, 0.2) is 5.96 Å². The quantitative estimate of drug-likeness (QED) is 0.580. The molecule has 0 radical (unpaired) electrons. The minimum atomic E-state index is 0.311. The first kappa shape index (κ1) is 20.1. The van der Waals surface area contributed by atoms with Crippen molar-refractivity contribution in [3.05, 3.63) is 17.0 Å². The van der Waals surface area contributed by atoms with Crippen LogP contribution >= 0.6 is 0 Å². The van der Waals surface area contributed by atoms with Crippen molar-refractivity contribution >= 4 is 5.96 Å². The smallest absolute Gasteiger partial charge is 0.193 e. The number of ether oxygens (including phenoxy) is 2. The van der Waals surface area contributed by atoms with E-state index < -0.39 is 0 Å². The largest absolute Gasteiger partial charge is 0.376 e. The van der Waals surface area contributed by atoms with Crippen LogP contribution in [-0.2, 0) is 15.9 Å². The van der Waals surface area contributed by atoms with E-state index in [4.69, 9.17) is 19.0 Å². The van der Waals surface area contributed by atoms with Crippen molar-refractivity contribution in [1.82, 2.24) is 15.4 Å². The standard InChI is InChI=1S/C20H34N4O3/c1-4-21-20(22-10-7-19-15(2)23-27-16(19)3)24-11-8-17(9-12-24)26-14-18-6-5-13-25-18/h17-18H,4-14H2,1-3H3,(H,21,22). The molecule has 27 heavy (non-hydrogen) atoms. The molecule has 1 aromatic heterocycles. The summed E-state index contributed by atoms with van der Waals surface area (Å²) in [5, 5.41) is 7.45. The number of aliphatic imine (C=N–C) groups is 1. The lowest BCUT2D eigenvalue weighted by molar-refractivity contribution is -0.0367. The van der Waals surface area contributed by atoms with Crippen LogP contribution in [0.1, 0.15) is 49.6 Å². The summed E-state index contributed by atoms with van der Waals surface area (Å²) in [6.07, 6.45) is 5.91. The Kier molecular flexibility index (Phi) is 7.52. The Morgan fingerprint density at radius 3 is 2.74 bits per heavy atom. The second-order valence-electron chi connectivity index (χ2n) is 7.44. The van der Waals surface area contributed by atoms with Gasteiger partial charge in [-0.05, 0) is 52.9 Å². The number of likely N-dealkylation sites (tertiary alicyclic amines) is 1. The molecule has 0 saturated carbocycles. The molecule has 2 aliphatic heterocycles. The fourth-order valence-corrected chi connectivity index (χ4v) is 3.81. The molecule has 3 rings (SSSR count). The van der Waals surface area contributed by atoms with Crippen LogP contribution in [0, 0.1) is 13.8 Å². The van der Waals surface area contributed by atoms with Gasteiger partial charge in [-0.2, -0.15) is 0 Å². The van der Waals surface area contributed by atoms with E-state index in [1.165, 1.54) is 12.0 Å². The van der Waals surface area contributed by atoms with Crippen molar-refractivity contribution < 1.29 is 14.0 Å². The summed E-state index contributed by atoms with van der Waals surface area (Å²) in [5.74, 6) is 1.90. The summed E-state index contributed by atoms with van der Waals surface area (Å²) >= 11 is 0. The van der Waals surface area contributed by atoms with Crippen LogP contribution < -0.4 is 5.32 Å². The highest BCUT2D eigenvalue weighted by molar-refractivity contribution is 5.80. The molecule has 2 fully saturated rings. The number of aromatic nitrogens is 1. The second-order valence-corrected chi connectivity index (χ2v) is 7.44. The molecule has 2 aliphatic rings. The molecule has 1 unspecified atom stereocenters. The van der Waals surface area contributed by atoms with Crippen molar-refractivity contribution in [2.45, 2.75) is 65.1 Å². The van der Waals surface area contributed by atoms with Crippen LogP contribution in [0.15, 0.2) is 9.52 Å². The number of hydrogen-bond donors (Lipinski definition) is 1. The van der Waals surface area contributed by atoms with Crippen molar-refractivity contribution in [3.63, 3.8) is 0 Å². The van der Waals surface area contributed by atoms with E-state index in [1.807, 2.05) is 13.8 Å². The number of piperidine rings is 1. The average Bonchev–Trinajstić information content (AvgIpc) is 3.31. The van der Waals surface area contributed by atoms with E-state index in [9.17, 15) is 0 Å². The van der Waals surface area contributed by atoms with Gasteiger partial charge in [0, 0.05) is 38.3 Å². The van der Waals surface area contributed by atoms with Crippen LogP contribution in [0.5, 0.6) is 0 Å². The maximum atomic E-state index is 6.08. The molecule has 152 valence electrons. The van der Waals surface area contributed by atoms with Gasteiger partial charge < -0.3 is 24.2 Å². The van der Waals surface area contributed by atoms with Crippen molar-refractivity contribution in [2.75, 3.05) is 39.4 Å². The lowest BCUT2D eigenvalue weighted by Gasteiger charge is -2.34. The van der Waals surface area contributed by atoms with Crippen molar-refractivity contribution in [3.8, 4) is 0 Å². The third-order valence-electron chi connectivity index (χ3n) is 5.42. The highest BCUT2D eigenvalue weighted by Gasteiger charge is 2.24. The fraction of sp³-hybridized carbons (Fsp3) is 0.800. The summed E-state index contributed by atoms with van der Waals surface area (Å²) in [6.45, 7) is 11.3. The molecule has 7 heteroatoms. The highest BCUT2D eigenvalue weighted by atomic mass is 16.5. The van der Waals surface area contributed by atoms with E-state index in [2.05, 4.69) is 22.3 Å². The zero-order valence-electron chi connectivity index (χ0n) is 17.0. The second kappa shape index (κ2) is 10.1. The van der Waals surface area contributed by atoms with Gasteiger partial charge in [0.05, 0.1) is 24.5 Å². The summed E-state index contributed by atoms with van der Waals surface area (Å²) < 4.78 is 17.0. The Balaban J connectivity index is 1.45. The first-order chi connectivity index (χ1) is 13.2. The zero-order chi connectivity index (χ0) is 19.1. The van der Waals surface area contributed by atoms with Gasteiger partial charge in [-0.3, -0.25) is 4.99 Å². The summed E-state index contributed by atoms with van der Waals surface area (Å²) in [5.41, 5.74) is 2.15. The number of aryl methyl sites for hydroxylation is 2. The molecular formula is C20H34N4O3. The first-order valence-corrected chi connectivity index (χ1v) is 10.4. The molecule has 0 bridgehead atoms. The van der Waals surface area contributed by atoms with Crippen LogP contribution in [0.4, 0.5) is 0 Å². The Morgan fingerprint density at radius 1 is 1.30 bits per heavy atom. The minimum absolute atomic E-state index is 0.311. The van der Waals surface area contributed by atoms with Gasteiger partial charge in [-0.25, -0.2) is 0 Å². The normalized spacial score (nSPS) is 21.8. The molecule has 1 aromatic rings. The molecule has 0 amide bonds. The van der Waals surface area contributed by atoms with E-state index in [-0.39, 0.29) is 0 Å². The molecule has 3 heterocycles. The first-order valence-electron chi connectivity index (χ1n) is 10.4. The third kappa shape index (κ3) is 5.69. The van der Waals surface area contributed by atoms with Gasteiger partial charge >= 0.3 is 0 Å². The maximum absolute atomic E-state index is 6.08. The van der Waals surface area contributed by atoms with E-state index in [0.29, 0.717) is 12.2 Å². The molecule has 0 aliphatic carbocycles. The minimum Gasteiger partial charge on any atom is -0.376 e. The Bertz CT molecular complexity index is 583. The molecule has 0 aromatic carbocycles. The predicted octanol–water partition coefficient (Wildman–Crippen LogP) is 2.46. The maximum Gasteiger partial charge on any atom is 0.193 e. The average molecular weight is 379 g/mol. The van der Waals surface area contributed by atoms with Gasteiger partial charge in [0.1, 0.15) is 5.76 Å². The SMILES string of the molecule is CCNC(=NCCc1c(C)noc1C)N1CCC(OCC2CCCO2)CC1. The lowest BCUT2D eigenvalue weighted by atomic mass is 10.1. The van der Waals surface area contributed by atoms with Crippen LogP contribution in [0.25, 0.3) is 0 Å². The molecule has 1 N–H and O–H groups in total. The molecule has 2 saturated heterocycles. The Labute approximate surface area is 162 Å². The summed E-state index contributed by atoms with van der Waals surface area (Å²) in [4.78, 5) is 7.18. The van der Waals surface area contributed by atoms with Crippen molar-refractivity contribution in [2.24, 2.45) is 4.99 Å². The summed E-state index contributed by atoms with van der Waals surface area (Å²) in [6, 6.07) is 0. The third-order valence-corrected chi connectivity index (χ3v) is 5.42. The molecular weight excluding hydrogens is 344 g/mol. The van der Waals surface area contributed by atoms with Crippen LogP contribution in [-0.4, -0.2) is 67.6 Å². The van der Waals surface area contributed by atoms with Gasteiger partial charge in [0.2, 0.25) is 0 Å². The van der Waals surface area contributed by atoms with Gasteiger partial charge in [-0.1, -0.05) is 5.16 Å². The molecule has 1 atom stereocenters. The van der Waals surface area contributed by atoms with Crippen molar-refractivity contribution in [1.29, 1.82) is 0 Å². The molecule has 0 spiro atoms. The van der Waals surface area contributed by atoms with Gasteiger partial charge in [-0.15, -0.1) is 0 Å². The lowest BCUT2D eigenvalue weighted by Crippen LogP contribution is -2.47. The topological polar surface area (TPSA) is 72.1 Å². The number of nitrogens with one attached hydrogen (secondary N) is 1. The number of hydrogen-bond acceptors (Lipinski definition) is 5. The van der Waals surface area contributed by atoms with Gasteiger partial charge in [0.25, 0.3) is 0 Å². The van der Waals surface area contributed by atoms with E-state index in [1.54, 1.807) is 0 Å². The van der Waals surface area contributed by atoms with E-state index >= 15 is 0 Å². The fourth-order valence-electron chi connectivity index (χ4n) is 3.81. The Morgan fingerprint density at radius 2 is 2.11 bits per heavy atom. The predicted molar refractivity (Wildman–Crippen MR) is 105 cm³/mol.